The van der Waals surface area contributed by atoms with Gasteiger partial charge in [-0.25, -0.2) is 0 Å². The number of benzene rings is 1. The average Bonchev–Trinajstić information content (AvgIpc) is 2.45. The van der Waals surface area contributed by atoms with Crippen LogP contribution in [0.2, 0.25) is 0 Å². The van der Waals surface area contributed by atoms with Crippen LogP contribution >= 0.6 is 0 Å². The third-order valence-electron chi connectivity index (χ3n) is 3.86. The van der Waals surface area contributed by atoms with Gasteiger partial charge >= 0.3 is 0 Å². The van der Waals surface area contributed by atoms with Crippen LogP contribution < -0.4 is 10.6 Å². The van der Waals surface area contributed by atoms with E-state index in [9.17, 15) is 15.2 Å². The number of nitro groups is 1. The van der Waals surface area contributed by atoms with Crippen molar-refractivity contribution in [2.45, 2.75) is 38.7 Å². The molecule has 0 aliphatic heterocycles. The Kier molecular flexibility index (Phi) is 5.38. The fraction of sp³-hybridized carbons (Fsp3) is 0.600. The largest absolute Gasteiger partial charge is 0.393 e. The fourth-order valence-corrected chi connectivity index (χ4v) is 2.84. The van der Waals surface area contributed by atoms with Gasteiger partial charge in [0.25, 0.3) is 5.69 Å². The summed E-state index contributed by atoms with van der Waals surface area (Å²) < 4.78 is 0. The number of hydrogen-bond donors (Lipinski definition) is 3. The molecule has 0 amide bonds. The highest BCUT2D eigenvalue weighted by Crippen LogP contribution is 2.27. The molecule has 3 N–H and O–H groups in total. The van der Waals surface area contributed by atoms with Gasteiger partial charge in [0.2, 0.25) is 0 Å². The Morgan fingerprint density at radius 3 is 2.62 bits per heavy atom. The van der Waals surface area contributed by atoms with Crippen molar-refractivity contribution in [2.24, 2.45) is 5.92 Å². The van der Waals surface area contributed by atoms with Crippen LogP contribution in [0, 0.1) is 16.0 Å². The van der Waals surface area contributed by atoms with Crippen LogP contribution in [0.15, 0.2) is 18.2 Å². The standard InChI is InChI=1S/C15H23N3O3/c1-2-16-12-7-13(9-14(8-12)18(20)21)17-10-11-4-3-5-15(19)6-11/h7-9,11,15-17,19H,2-6,10H2,1H3. The summed E-state index contributed by atoms with van der Waals surface area (Å²) in [5, 5.41) is 27.0. The van der Waals surface area contributed by atoms with E-state index in [0.29, 0.717) is 5.92 Å². The third kappa shape index (κ3) is 4.60. The molecule has 6 nitrogen and oxygen atoms in total. The van der Waals surface area contributed by atoms with Crippen molar-refractivity contribution in [2.75, 3.05) is 23.7 Å². The summed E-state index contributed by atoms with van der Waals surface area (Å²) in [6, 6.07) is 4.98. The molecule has 1 saturated carbocycles. The van der Waals surface area contributed by atoms with E-state index in [1.165, 1.54) is 0 Å². The number of aliphatic hydroxyl groups excluding tert-OH is 1. The number of anilines is 2. The van der Waals surface area contributed by atoms with Crippen molar-refractivity contribution < 1.29 is 10.0 Å². The lowest BCUT2D eigenvalue weighted by atomic mass is 9.87. The molecule has 2 unspecified atom stereocenters. The molecule has 1 aliphatic rings. The lowest BCUT2D eigenvalue weighted by Crippen LogP contribution is -2.25. The summed E-state index contributed by atoms with van der Waals surface area (Å²) in [4.78, 5) is 10.6. The molecule has 1 aromatic carbocycles. The van der Waals surface area contributed by atoms with Gasteiger partial charge in [0.05, 0.1) is 11.0 Å². The van der Waals surface area contributed by atoms with Crippen molar-refractivity contribution in [1.29, 1.82) is 0 Å². The molecule has 1 fully saturated rings. The normalized spacial score (nSPS) is 21.8. The molecule has 2 rings (SSSR count). The number of nitrogens with one attached hydrogen (secondary N) is 2. The fourth-order valence-electron chi connectivity index (χ4n) is 2.84. The summed E-state index contributed by atoms with van der Waals surface area (Å²) in [6.45, 7) is 3.41. The molecule has 0 bridgehead atoms. The SMILES string of the molecule is CCNc1cc(NCC2CCCC(O)C2)cc([N+](=O)[O-])c1. The maximum atomic E-state index is 11.0. The molecule has 116 valence electrons. The lowest BCUT2D eigenvalue weighted by molar-refractivity contribution is -0.384. The quantitative estimate of drug-likeness (QED) is 0.554. The molecule has 1 aliphatic carbocycles. The highest BCUT2D eigenvalue weighted by molar-refractivity contribution is 5.63. The van der Waals surface area contributed by atoms with Gasteiger partial charge in [0, 0.05) is 36.6 Å². The molecule has 0 saturated heterocycles. The number of nitro benzene ring substituents is 1. The maximum Gasteiger partial charge on any atom is 0.273 e. The van der Waals surface area contributed by atoms with E-state index < -0.39 is 0 Å². The van der Waals surface area contributed by atoms with E-state index in [1.54, 1.807) is 12.1 Å². The second kappa shape index (κ2) is 7.26. The number of nitrogens with zero attached hydrogens (tertiary/aromatic N) is 1. The van der Waals surface area contributed by atoms with Crippen LogP contribution in [-0.2, 0) is 0 Å². The van der Waals surface area contributed by atoms with Gasteiger partial charge in [-0.2, -0.15) is 0 Å². The molecule has 6 heteroatoms. The predicted octanol–water partition coefficient (Wildman–Crippen LogP) is 2.99. The van der Waals surface area contributed by atoms with Gasteiger partial charge < -0.3 is 15.7 Å². The average molecular weight is 293 g/mol. The van der Waals surface area contributed by atoms with Crippen LogP contribution in [0.1, 0.15) is 32.6 Å². The van der Waals surface area contributed by atoms with E-state index in [0.717, 1.165) is 50.1 Å². The lowest BCUT2D eigenvalue weighted by Gasteiger charge is -2.26. The van der Waals surface area contributed by atoms with Crippen molar-refractivity contribution in [1.82, 2.24) is 0 Å². The van der Waals surface area contributed by atoms with Gasteiger partial charge in [0.15, 0.2) is 0 Å². The third-order valence-corrected chi connectivity index (χ3v) is 3.86. The van der Waals surface area contributed by atoms with Gasteiger partial charge in [0.1, 0.15) is 0 Å². The molecule has 0 aromatic heterocycles. The zero-order chi connectivity index (χ0) is 15.2. The van der Waals surface area contributed by atoms with Crippen LogP contribution in [0.5, 0.6) is 0 Å². The molecular formula is C15H23N3O3. The molecule has 21 heavy (non-hydrogen) atoms. The minimum absolute atomic E-state index is 0.0830. The molecular weight excluding hydrogens is 270 g/mol. The van der Waals surface area contributed by atoms with Crippen molar-refractivity contribution in [3.8, 4) is 0 Å². The Bertz CT molecular complexity index is 493. The Balaban J connectivity index is 2.02. The number of non-ortho nitro benzene ring substituents is 1. The second-order valence-electron chi connectivity index (χ2n) is 5.62. The van der Waals surface area contributed by atoms with E-state index >= 15 is 0 Å². The highest BCUT2D eigenvalue weighted by atomic mass is 16.6. The topological polar surface area (TPSA) is 87.4 Å². The second-order valence-corrected chi connectivity index (χ2v) is 5.62. The summed E-state index contributed by atoms with van der Waals surface area (Å²) in [5.74, 6) is 0.426. The summed E-state index contributed by atoms with van der Waals surface area (Å²) >= 11 is 0. The predicted molar refractivity (Wildman–Crippen MR) is 83.7 cm³/mol. The van der Waals surface area contributed by atoms with Gasteiger partial charge in [-0.1, -0.05) is 6.42 Å². The number of hydrogen-bond acceptors (Lipinski definition) is 5. The molecule has 0 radical (unpaired) electrons. The zero-order valence-electron chi connectivity index (χ0n) is 12.3. The van der Waals surface area contributed by atoms with E-state index in [-0.39, 0.29) is 16.7 Å². The maximum absolute atomic E-state index is 11.0. The summed E-state index contributed by atoms with van der Waals surface area (Å²) in [6.07, 6.45) is 3.64. The van der Waals surface area contributed by atoms with E-state index in [2.05, 4.69) is 10.6 Å². The van der Waals surface area contributed by atoms with Gasteiger partial charge in [-0.05, 0) is 38.2 Å². The zero-order valence-corrected chi connectivity index (χ0v) is 12.3. The monoisotopic (exact) mass is 293 g/mol. The Morgan fingerprint density at radius 1 is 1.29 bits per heavy atom. The molecule has 1 aromatic rings. The Labute approximate surface area is 124 Å². The molecule has 0 spiro atoms. The Hall–Kier alpha value is -1.82. The van der Waals surface area contributed by atoms with Crippen molar-refractivity contribution in [3.05, 3.63) is 28.3 Å². The van der Waals surface area contributed by atoms with Gasteiger partial charge in [-0.15, -0.1) is 0 Å². The number of rotatable bonds is 6. The smallest absolute Gasteiger partial charge is 0.273 e. The number of aliphatic hydroxyl groups is 1. The van der Waals surface area contributed by atoms with Crippen LogP contribution in [0.3, 0.4) is 0 Å². The first kappa shape index (κ1) is 15.6. The summed E-state index contributed by atoms with van der Waals surface area (Å²) in [7, 11) is 0. The molecule has 2 atom stereocenters. The van der Waals surface area contributed by atoms with Crippen LogP contribution in [0.4, 0.5) is 17.1 Å². The molecule has 0 heterocycles. The van der Waals surface area contributed by atoms with E-state index in [4.69, 9.17) is 0 Å². The summed E-state index contributed by atoms with van der Waals surface area (Å²) in [5.41, 5.74) is 1.58. The van der Waals surface area contributed by atoms with E-state index in [1.807, 2.05) is 13.0 Å². The first-order valence-electron chi connectivity index (χ1n) is 7.53. The Morgan fingerprint density at radius 2 is 2.00 bits per heavy atom. The minimum atomic E-state index is -0.379. The first-order valence-corrected chi connectivity index (χ1v) is 7.53. The van der Waals surface area contributed by atoms with Crippen molar-refractivity contribution in [3.63, 3.8) is 0 Å². The van der Waals surface area contributed by atoms with Crippen molar-refractivity contribution >= 4 is 17.1 Å². The van der Waals surface area contributed by atoms with Crippen LogP contribution in [-0.4, -0.2) is 29.2 Å². The van der Waals surface area contributed by atoms with Gasteiger partial charge in [-0.3, -0.25) is 10.1 Å². The first-order chi connectivity index (χ1) is 10.1. The van der Waals surface area contributed by atoms with Crippen LogP contribution in [0.25, 0.3) is 0 Å². The minimum Gasteiger partial charge on any atom is -0.393 e. The highest BCUT2D eigenvalue weighted by Gasteiger charge is 2.20.